The van der Waals surface area contributed by atoms with E-state index in [9.17, 15) is 0 Å². The van der Waals surface area contributed by atoms with E-state index in [4.69, 9.17) is 4.52 Å². The second-order valence-corrected chi connectivity index (χ2v) is 7.17. The van der Waals surface area contributed by atoms with Crippen LogP contribution in [0.2, 0.25) is 0 Å². The van der Waals surface area contributed by atoms with E-state index < -0.39 is 0 Å². The van der Waals surface area contributed by atoms with Crippen LogP contribution in [0.25, 0.3) is 0 Å². The molecule has 0 saturated heterocycles. The Hall–Kier alpha value is -1.27. The van der Waals surface area contributed by atoms with Crippen molar-refractivity contribution < 1.29 is 4.52 Å². The first-order valence-corrected chi connectivity index (χ1v) is 7.79. The molecule has 0 amide bonds. The molecule has 0 unspecified atom stereocenters. The minimum Gasteiger partial charge on any atom is -0.339 e. The van der Waals surface area contributed by atoms with Gasteiger partial charge >= 0.3 is 0 Å². The lowest BCUT2D eigenvalue weighted by Crippen LogP contribution is -2.36. The van der Waals surface area contributed by atoms with Gasteiger partial charge in [0.25, 0.3) is 0 Å². The summed E-state index contributed by atoms with van der Waals surface area (Å²) >= 11 is 1.74. The number of thiazole rings is 1. The monoisotopic (exact) mass is 292 g/mol. The largest absolute Gasteiger partial charge is 0.339 e. The summed E-state index contributed by atoms with van der Waals surface area (Å²) in [5.74, 6) is 2.03. The molecular weight excluding hydrogens is 272 g/mol. The van der Waals surface area contributed by atoms with E-state index in [0.717, 1.165) is 22.4 Å². The van der Waals surface area contributed by atoms with Gasteiger partial charge in [-0.25, -0.2) is 4.98 Å². The molecule has 108 valence electrons. The fourth-order valence-corrected chi connectivity index (χ4v) is 2.94. The number of nitrogens with one attached hydrogen (secondary N) is 1. The van der Waals surface area contributed by atoms with Crippen LogP contribution in [0.5, 0.6) is 0 Å². The predicted octanol–water partition coefficient (Wildman–Crippen LogP) is 3.05. The normalized spacial score (nSPS) is 15.8. The molecule has 2 heterocycles. The zero-order valence-electron chi connectivity index (χ0n) is 12.4. The molecule has 0 bridgehead atoms. The quantitative estimate of drug-likeness (QED) is 0.917. The van der Waals surface area contributed by atoms with E-state index >= 15 is 0 Å². The van der Waals surface area contributed by atoms with Gasteiger partial charge in [-0.15, -0.1) is 11.3 Å². The standard InChI is InChI=1S/C14H20N4OS/c1-8-9(2)20-13(16-8)14(3,4)15-7-11-17-12(19-18-11)10-5-6-10/h10,15H,5-7H2,1-4H3. The summed E-state index contributed by atoms with van der Waals surface area (Å²) in [6, 6.07) is 0. The molecule has 0 radical (unpaired) electrons. The lowest BCUT2D eigenvalue weighted by molar-refractivity contribution is 0.359. The maximum absolute atomic E-state index is 5.27. The Kier molecular flexibility index (Phi) is 3.38. The molecule has 5 nitrogen and oxygen atoms in total. The lowest BCUT2D eigenvalue weighted by Gasteiger charge is -2.22. The van der Waals surface area contributed by atoms with Gasteiger partial charge in [0.2, 0.25) is 5.89 Å². The van der Waals surface area contributed by atoms with Gasteiger partial charge in [-0.05, 0) is 40.5 Å². The van der Waals surface area contributed by atoms with E-state index in [1.807, 2.05) is 6.92 Å². The van der Waals surface area contributed by atoms with Gasteiger partial charge in [0.1, 0.15) is 5.01 Å². The van der Waals surface area contributed by atoms with Crippen molar-refractivity contribution in [3.05, 3.63) is 27.3 Å². The second kappa shape index (κ2) is 4.93. The highest BCUT2D eigenvalue weighted by Crippen LogP contribution is 2.38. The summed E-state index contributed by atoms with van der Waals surface area (Å²) in [4.78, 5) is 10.3. The number of aryl methyl sites for hydroxylation is 2. The third kappa shape index (κ3) is 2.76. The topological polar surface area (TPSA) is 63.8 Å². The van der Waals surface area contributed by atoms with E-state index in [-0.39, 0.29) is 5.54 Å². The number of hydrogen-bond acceptors (Lipinski definition) is 6. The van der Waals surface area contributed by atoms with Gasteiger partial charge in [0.15, 0.2) is 5.82 Å². The molecule has 0 aromatic carbocycles. The molecular formula is C14H20N4OS. The Labute approximate surface area is 122 Å². The zero-order chi connectivity index (χ0) is 14.3. The van der Waals surface area contributed by atoms with Crippen molar-refractivity contribution in [3.8, 4) is 0 Å². The molecule has 2 aromatic rings. The predicted molar refractivity (Wildman–Crippen MR) is 77.7 cm³/mol. The SMILES string of the molecule is Cc1nc(C(C)(C)NCc2noc(C3CC3)n2)sc1C. The average Bonchev–Trinajstić information content (AvgIpc) is 3.04. The number of hydrogen-bond donors (Lipinski definition) is 1. The number of aromatic nitrogens is 3. The van der Waals surface area contributed by atoms with E-state index in [1.54, 1.807) is 11.3 Å². The highest BCUT2D eigenvalue weighted by atomic mass is 32.1. The summed E-state index contributed by atoms with van der Waals surface area (Å²) in [5.41, 5.74) is 0.916. The van der Waals surface area contributed by atoms with Gasteiger partial charge in [0.05, 0.1) is 17.8 Å². The highest BCUT2D eigenvalue weighted by Gasteiger charge is 2.30. The number of rotatable bonds is 5. The molecule has 0 spiro atoms. The maximum atomic E-state index is 5.27. The zero-order valence-corrected chi connectivity index (χ0v) is 13.2. The summed E-state index contributed by atoms with van der Waals surface area (Å²) < 4.78 is 5.27. The number of nitrogens with zero attached hydrogens (tertiary/aromatic N) is 3. The van der Waals surface area contributed by atoms with Crippen molar-refractivity contribution in [3.63, 3.8) is 0 Å². The molecule has 0 aliphatic heterocycles. The van der Waals surface area contributed by atoms with Gasteiger partial charge in [-0.3, -0.25) is 5.32 Å². The first-order chi connectivity index (χ1) is 9.45. The van der Waals surface area contributed by atoms with Crippen LogP contribution in [-0.4, -0.2) is 15.1 Å². The minimum absolute atomic E-state index is 0.190. The maximum Gasteiger partial charge on any atom is 0.229 e. The lowest BCUT2D eigenvalue weighted by atomic mass is 10.1. The summed E-state index contributed by atoms with van der Waals surface area (Å²) in [7, 11) is 0. The van der Waals surface area contributed by atoms with Gasteiger partial charge < -0.3 is 4.52 Å². The van der Waals surface area contributed by atoms with Crippen LogP contribution in [0.3, 0.4) is 0 Å². The van der Waals surface area contributed by atoms with Crippen LogP contribution >= 0.6 is 11.3 Å². The van der Waals surface area contributed by atoms with Gasteiger partial charge in [-0.2, -0.15) is 4.98 Å². The molecule has 20 heavy (non-hydrogen) atoms. The second-order valence-electron chi connectivity index (χ2n) is 5.96. The summed E-state index contributed by atoms with van der Waals surface area (Å²) in [5, 5.41) is 8.59. The Balaban J connectivity index is 1.66. The third-order valence-electron chi connectivity index (χ3n) is 3.66. The van der Waals surface area contributed by atoms with Crippen LogP contribution < -0.4 is 5.32 Å². The molecule has 1 aliphatic rings. The molecule has 3 rings (SSSR count). The van der Waals surface area contributed by atoms with Crippen LogP contribution in [0.4, 0.5) is 0 Å². The molecule has 2 aromatic heterocycles. The van der Waals surface area contributed by atoms with Gasteiger partial charge in [-0.1, -0.05) is 5.16 Å². The molecule has 1 aliphatic carbocycles. The first kappa shape index (κ1) is 13.7. The van der Waals surface area contributed by atoms with Crippen LogP contribution in [-0.2, 0) is 12.1 Å². The van der Waals surface area contributed by atoms with Crippen LogP contribution in [0.15, 0.2) is 4.52 Å². The molecule has 1 fully saturated rings. The average molecular weight is 292 g/mol. The Morgan fingerprint density at radius 1 is 1.30 bits per heavy atom. The van der Waals surface area contributed by atoms with Crippen molar-refractivity contribution in [1.82, 2.24) is 20.4 Å². The van der Waals surface area contributed by atoms with Crippen LogP contribution in [0.1, 0.15) is 59.9 Å². The van der Waals surface area contributed by atoms with Crippen molar-refractivity contribution >= 4 is 11.3 Å². The smallest absolute Gasteiger partial charge is 0.229 e. The Bertz CT molecular complexity index is 593. The molecule has 6 heteroatoms. The molecule has 1 saturated carbocycles. The van der Waals surface area contributed by atoms with Crippen molar-refractivity contribution in [2.24, 2.45) is 0 Å². The van der Waals surface area contributed by atoms with Crippen molar-refractivity contribution in [2.75, 3.05) is 0 Å². The summed E-state index contributed by atoms with van der Waals surface area (Å²) in [6.45, 7) is 9.01. The van der Waals surface area contributed by atoms with Crippen LogP contribution in [0, 0.1) is 13.8 Å². The van der Waals surface area contributed by atoms with E-state index in [0.29, 0.717) is 12.5 Å². The highest BCUT2D eigenvalue weighted by molar-refractivity contribution is 7.11. The third-order valence-corrected chi connectivity index (χ3v) is 5.06. The van der Waals surface area contributed by atoms with E-state index in [1.165, 1.54) is 17.7 Å². The first-order valence-electron chi connectivity index (χ1n) is 6.98. The molecule has 0 atom stereocenters. The summed E-state index contributed by atoms with van der Waals surface area (Å²) in [6.07, 6.45) is 2.36. The van der Waals surface area contributed by atoms with Crippen molar-refractivity contribution in [2.45, 2.75) is 58.5 Å². The fraction of sp³-hybridized carbons (Fsp3) is 0.643. The Morgan fingerprint density at radius 3 is 2.65 bits per heavy atom. The van der Waals surface area contributed by atoms with Gasteiger partial charge in [0, 0.05) is 10.8 Å². The Morgan fingerprint density at radius 2 is 2.05 bits per heavy atom. The fourth-order valence-electron chi connectivity index (χ4n) is 1.95. The minimum atomic E-state index is -0.190. The van der Waals surface area contributed by atoms with Crippen molar-refractivity contribution in [1.29, 1.82) is 0 Å². The van der Waals surface area contributed by atoms with E-state index in [2.05, 4.69) is 41.2 Å². The molecule has 1 N–H and O–H groups in total.